The summed E-state index contributed by atoms with van der Waals surface area (Å²) >= 11 is 0. The topological polar surface area (TPSA) is 33.1 Å². The molecule has 0 bridgehead atoms. The predicted molar refractivity (Wildman–Crippen MR) is 79.3 cm³/mol. The number of aryl methyl sites for hydroxylation is 1. The van der Waals surface area contributed by atoms with E-state index in [1.54, 1.807) is 0 Å². The monoisotopic (exact) mass is 264 g/mol. The second-order valence-corrected chi connectivity index (χ2v) is 6.03. The van der Waals surface area contributed by atoms with Gasteiger partial charge in [-0.05, 0) is 19.8 Å². The van der Waals surface area contributed by atoms with Gasteiger partial charge in [-0.3, -0.25) is 4.90 Å². The molecule has 2 rings (SSSR count). The predicted octanol–water partition coefficient (Wildman–Crippen LogP) is 1.82. The second kappa shape index (κ2) is 6.06. The molecule has 1 aromatic heterocycles. The van der Waals surface area contributed by atoms with Gasteiger partial charge >= 0.3 is 0 Å². The SMILES string of the molecule is CCC1CNC(C)(CC)CN1CCc1nccn1C. The van der Waals surface area contributed by atoms with Gasteiger partial charge in [-0.1, -0.05) is 13.8 Å². The van der Waals surface area contributed by atoms with E-state index in [4.69, 9.17) is 0 Å². The Bertz CT molecular complexity index is 401. The molecular weight excluding hydrogens is 236 g/mol. The lowest BCUT2D eigenvalue weighted by Crippen LogP contribution is -2.62. The minimum atomic E-state index is 0.271. The molecule has 4 nitrogen and oxygen atoms in total. The van der Waals surface area contributed by atoms with E-state index < -0.39 is 0 Å². The van der Waals surface area contributed by atoms with Gasteiger partial charge in [-0.15, -0.1) is 0 Å². The Balaban J connectivity index is 1.97. The van der Waals surface area contributed by atoms with Crippen LogP contribution < -0.4 is 5.32 Å². The first-order valence-electron chi connectivity index (χ1n) is 7.53. The normalized spacial score (nSPS) is 28.7. The van der Waals surface area contributed by atoms with Crippen molar-refractivity contribution in [3.63, 3.8) is 0 Å². The molecule has 2 heterocycles. The van der Waals surface area contributed by atoms with Crippen molar-refractivity contribution in [1.82, 2.24) is 19.8 Å². The summed E-state index contributed by atoms with van der Waals surface area (Å²) in [5.41, 5.74) is 0.271. The quantitative estimate of drug-likeness (QED) is 0.880. The number of imidazole rings is 1. The molecule has 1 aliphatic heterocycles. The molecule has 1 N–H and O–H groups in total. The Labute approximate surface area is 117 Å². The molecule has 108 valence electrons. The van der Waals surface area contributed by atoms with Crippen molar-refractivity contribution in [1.29, 1.82) is 0 Å². The lowest BCUT2D eigenvalue weighted by Gasteiger charge is -2.46. The summed E-state index contributed by atoms with van der Waals surface area (Å²) < 4.78 is 2.13. The molecule has 0 aromatic carbocycles. The molecule has 2 atom stereocenters. The minimum Gasteiger partial charge on any atom is -0.338 e. The number of rotatable bonds is 5. The third-order valence-corrected chi connectivity index (χ3v) is 4.63. The van der Waals surface area contributed by atoms with Crippen LogP contribution in [-0.2, 0) is 13.5 Å². The summed E-state index contributed by atoms with van der Waals surface area (Å²) in [5, 5.41) is 3.72. The van der Waals surface area contributed by atoms with Crippen LogP contribution in [-0.4, -0.2) is 45.7 Å². The molecule has 1 aliphatic rings. The number of nitrogens with one attached hydrogen (secondary N) is 1. The maximum Gasteiger partial charge on any atom is 0.109 e. The zero-order valence-corrected chi connectivity index (χ0v) is 12.8. The van der Waals surface area contributed by atoms with Crippen LogP contribution in [0.25, 0.3) is 0 Å². The average molecular weight is 264 g/mol. The van der Waals surface area contributed by atoms with E-state index >= 15 is 0 Å². The number of hydrogen-bond donors (Lipinski definition) is 1. The summed E-state index contributed by atoms with van der Waals surface area (Å²) in [7, 11) is 2.08. The van der Waals surface area contributed by atoms with Crippen molar-refractivity contribution < 1.29 is 0 Å². The van der Waals surface area contributed by atoms with Gasteiger partial charge in [0, 0.05) is 57.1 Å². The molecule has 0 saturated carbocycles. The van der Waals surface area contributed by atoms with Gasteiger partial charge in [-0.2, -0.15) is 0 Å². The highest BCUT2D eigenvalue weighted by Gasteiger charge is 2.33. The van der Waals surface area contributed by atoms with E-state index in [1.807, 2.05) is 12.4 Å². The van der Waals surface area contributed by atoms with Gasteiger partial charge in [0.2, 0.25) is 0 Å². The molecule has 1 aromatic rings. The van der Waals surface area contributed by atoms with Gasteiger partial charge < -0.3 is 9.88 Å². The molecular formula is C15H28N4. The van der Waals surface area contributed by atoms with Crippen LogP contribution in [0.1, 0.15) is 39.4 Å². The summed E-state index contributed by atoms with van der Waals surface area (Å²) in [6, 6.07) is 0.667. The Morgan fingerprint density at radius 3 is 2.84 bits per heavy atom. The highest BCUT2D eigenvalue weighted by Crippen LogP contribution is 2.20. The van der Waals surface area contributed by atoms with Crippen LogP contribution in [0.3, 0.4) is 0 Å². The van der Waals surface area contributed by atoms with Gasteiger partial charge in [0.15, 0.2) is 0 Å². The molecule has 1 fully saturated rings. The largest absolute Gasteiger partial charge is 0.338 e. The van der Waals surface area contributed by atoms with Crippen molar-refractivity contribution in [2.75, 3.05) is 19.6 Å². The van der Waals surface area contributed by atoms with Gasteiger partial charge in [0.05, 0.1) is 0 Å². The maximum absolute atomic E-state index is 4.43. The van der Waals surface area contributed by atoms with Crippen LogP contribution >= 0.6 is 0 Å². The molecule has 2 unspecified atom stereocenters. The molecule has 19 heavy (non-hydrogen) atoms. The lowest BCUT2D eigenvalue weighted by atomic mass is 9.92. The minimum absolute atomic E-state index is 0.271. The first-order chi connectivity index (χ1) is 9.08. The Morgan fingerprint density at radius 2 is 2.26 bits per heavy atom. The molecule has 4 heteroatoms. The van der Waals surface area contributed by atoms with E-state index in [2.05, 4.69) is 47.6 Å². The highest BCUT2D eigenvalue weighted by molar-refractivity contribution is 4.97. The fourth-order valence-corrected chi connectivity index (χ4v) is 2.91. The van der Waals surface area contributed by atoms with Gasteiger partial charge in [-0.25, -0.2) is 4.98 Å². The van der Waals surface area contributed by atoms with Crippen molar-refractivity contribution >= 4 is 0 Å². The Hall–Kier alpha value is -0.870. The van der Waals surface area contributed by atoms with E-state index in [9.17, 15) is 0 Å². The smallest absolute Gasteiger partial charge is 0.109 e. The fourth-order valence-electron chi connectivity index (χ4n) is 2.91. The Morgan fingerprint density at radius 1 is 1.47 bits per heavy atom. The lowest BCUT2D eigenvalue weighted by molar-refractivity contribution is 0.0826. The average Bonchev–Trinajstić information content (AvgIpc) is 2.82. The standard InChI is InChI=1S/C15H28N4/c1-5-13-11-17-15(3,6-2)12-19(13)9-7-14-16-8-10-18(14)4/h8,10,13,17H,5-7,9,11-12H2,1-4H3. The summed E-state index contributed by atoms with van der Waals surface area (Å²) in [6.45, 7) is 10.3. The number of aromatic nitrogens is 2. The van der Waals surface area contributed by atoms with Crippen LogP contribution in [0, 0.1) is 0 Å². The van der Waals surface area contributed by atoms with Crippen LogP contribution in [0.15, 0.2) is 12.4 Å². The first kappa shape index (κ1) is 14.5. The summed E-state index contributed by atoms with van der Waals surface area (Å²) in [6.07, 6.45) is 7.36. The maximum atomic E-state index is 4.43. The molecule has 0 aliphatic carbocycles. The van der Waals surface area contributed by atoms with Crippen LogP contribution in [0.5, 0.6) is 0 Å². The van der Waals surface area contributed by atoms with Gasteiger partial charge in [0.1, 0.15) is 5.82 Å². The number of hydrogen-bond acceptors (Lipinski definition) is 3. The fraction of sp³-hybridized carbons (Fsp3) is 0.800. The van der Waals surface area contributed by atoms with Crippen molar-refractivity contribution in [3.8, 4) is 0 Å². The van der Waals surface area contributed by atoms with Crippen molar-refractivity contribution in [2.24, 2.45) is 7.05 Å². The first-order valence-corrected chi connectivity index (χ1v) is 7.53. The zero-order chi connectivity index (χ0) is 13.9. The van der Waals surface area contributed by atoms with E-state index in [-0.39, 0.29) is 5.54 Å². The number of nitrogens with zero attached hydrogens (tertiary/aromatic N) is 3. The third kappa shape index (κ3) is 3.37. The van der Waals surface area contributed by atoms with Crippen molar-refractivity contribution in [2.45, 2.75) is 51.6 Å². The van der Waals surface area contributed by atoms with Crippen LogP contribution in [0.2, 0.25) is 0 Å². The molecule has 0 radical (unpaired) electrons. The van der Waals surface area contributed by atoms with Gasteiger partial charge in [0.25, 0.3) is 0 Å². The second-order valence-electron chi connectivity index (χ2n) is 6.03. The molecule has 0 spiro atoms. The van der Waals surface area contributed by atoms with E-state index in [0.717, 1.165) is 26.1 Å². The zero-order valence-electron chi connectivity index (χ0n) is 12.8. The van der Waals surface area contributed by atoms with E-state index in [0.29, 0.717) is 6.04 Å². The highest BCUT2D eigenvalue weighted by atomic mass is 15.2. The number of piperazine rings is 1. The van der Waals surface area contributed by atoms with Crippen molar-refractivity contribution in [3.05, 3.63) is 18.2 Å². The molecule has 0 amide bonds. The summed E-state index contributed by atoms with van der Waals surface area (Å²) in [4.78, 5) is 7.08. The Kier molecular flexibility index (Phi) is 4.63. The summed E-state index contributed by atoms with van der Waals surface area (Å²) in [5.74, 6) is 1.19. The third-order valence-electron chi connectivity index (χ3n) is 4.63. The van der Waals surface area contributed by atoms with E-state index in [1.165, 1.54) is 18.7 Å². The molecule has 1 saturated heterocycles. The van der Waals surface area contributed by atoms with Crippen LogP contribution in [0.4, 0.5) is 0 Å².